The second kappa shape index (κ2) is 8.50. The van der Waals surface area contributed by atoms with Crippen LogP contribution in [0.4, 0.5) is 0 Å². The molecule has 0 bridgehead atoms. The van der Waals surface area contributed by atoms with E-state index in [1.807, 2.05) is 24.3 Å². The molecule has 2 rings (SSSR count). The molecule has 112 valence electrons. The topological polar surface area (TPSA) is 41.5 Å². The predicted molar refractivity (Wildman–Crippen MR) is 81.9 cm³/mol. The van der Waals surface area contributed by atoms with Gasteiger partial charge < -0.3 is 9.84 Å². The van der Waals surface area contributed by atoms with Gasteiger partial charge in [-0.1, -0.05) is 31.4 Å². The number of nitrogens with one attached hydrogen (secondary N) is 1. The Bertz CT molecular complexity index is 394. The lowest BCUT2D eigenvalue weighted by atomic mass is 9.90. The summed E-state index contributed by atoms with van der Waals surface area (Å²) in [5, 5.41) is 10.0. The summed E-state index contributed by atoms with van der Waals surface area (Å²) < 4.78 is 5.89. The number of ether oxygens (including phenoxy) is 1. The zero-order valence-corrected chi connectivity index (χ0v) is 12.6. The highest BCUT2D eigenvalue weighted by Crippen LogP contribution is 2.26. The van der Waals surface area contributed by atoms with E-state index in [-0.39, 0.29) is 0 Å². The average molecular weight is 298 g/mol. The van der Waals surface area contributed by atoms with E-state index in [0.717, 1.165) is 17.9 Å². The normalized spacial score (nSPS) is 17.9. The van der Waals surface area contributed by atoms with E-state index in [1.54, 1.807) is 0 Å². The van der Waals surface area contributed by atoms with Gasteiger partial charge in [0.25, 0.3) is 0 Å². The molecule has 1 saturated carbocycles. The van der Waals surface area contributed by atoms with Crippen molar-refractivity contribution in [3.05, 3.63) is 29.8 Å². The van der Waals surface area contributed by atoms with Gasteiger partial charge in [0, 0.05) is 6.54 Å². The quantitative estimate of drug-likeness (QED) is 0.752. The molecule has 0 amide bonds. The Morgan fingerprint density at radius 2 is 2.10 bits per heavy atom. The molecule has 0 heterocycles. The second-order valence-corrected chi connectivity index (χ2v) is 5.84. The second-order valence-electron chi connectivity index (χ2n) is 5.58. The molecular formula is C16H24ClNO2. The van der Waals surface area contributed by atoms with Gasteiger partial charge in [0.15, 0.2) is 0 Å². The first-order chi connectivity index (χ1) is 9.79. The molecular weight excluding hydrogens is 274 g/mol. The first kappa shape index (κ1) is 15.6. The highest BCUT2D eigenvalue weighted by Gasteiger charge is 2.14. The van der Waals surface area contributed by atoms with Crippen LogP contribution < -0.4 is 9.57 Å². The van der Waals surface area contributed by atoms with Gasteiger partial charge in [-0.2, -0.15) is 0 Å². The molecule has 0 aromatic heterocycles. The van der Waals surface area contributed by atoms with E-state index < -0.39 is 6.10 Å². The zero-order chi connectivity index (χ0) is 14.2. The van der Waals surface area contributed by atoms with Gasteiger partial charge >= 0.3 is 0 Å². The number of halogens is 1. The molecule has 1 atom stereocenters. The summed E-state index contributed by atoms with van der Waals surface area (Å²) in [5.41, 5.74) is 0.887. The SMILES string of the molecule is OC(CCNCl)c1cccc(OCC2CCCCC2)c1. The third kappa shape index (κ3) is 4.97. The van der Waals surface area contributed by atoms with Crippen LogP contribution in [0.5, 0.6) is 5.75 Å². The molecule has 1 fully saturated rings. The average Bonchev–Trinajstić information content (AvgIpc) is 2.52. The molecule has 1 unspecified atom stereocenters. The van der Waals surface area contributed by atoms with Crippen molar-refractivity contribution in [2.24, 2.45) is 5.92 Å². The molecule has 0 radical (unpaired) electrons. The van der Waals surface area contributed by atoms with Crippen LogP contribution in [0.3, 0.4) is 0 Å². The number of aliphatic hydroxyl groups excluding tert-OH is 1. The minimum atomic E-state index is -0.500. The third-order valence-corrected chi connectivity index (χ3v) is 4.15. The fourth-order valence-corrected chi connectivity index (χ4v) is 2.85. The van der Waals surface area contributed by atoms with E-state index in [4.69, 9.17) is 16.5 Å². The maximum atomic E-state index is 10.0. The Hall–Kier alpha value is -0.770. The molecule has 0 spiro atoms. The van der Waals surface area contributed by atoms with Crippen LogP contribution >= 0.6 is 11.8 Å². The van der Waals surface area contributed by atoms with Crippen LogP contribution in [0.1, 0.15) is 50.2 Å². The van der Waals surface area contributed by atoms with E-state index in [0.29, 0.717) is 18.9 Å². The van der Waals surface area contributed by atoms with Gasteiger partial charge in [-0.3, -0.25) is 0 Å². The van der Waals surface area contributed by atoms with Crippen LogP contribution in [0.2, 0.25) is 0 Å². The van der Waals surface area contributed by atoms with Gasteiger partial charge in [0.05, 0.1) is 12.7 Å². The highest BCUT2D eigenvalue weighted by molar-refractivity contribution is 6.13. The minimum Gasteiger partial charge on any atom is -0.493 e. The number of benzene rings is 1. The van der Waals surface area contributed by atoms with Gasteiger partial charge in [0.1, 0.15) is 5.75 Å². The summed E-state index contributed by atoms with van der Waals surface area (Å²) in [6.07, 6.45) is 6.69. The minimum absolute atomic E-state index is 0.500. The first-order valence-corrected chi connectivity index (χ1v) is 7.91. The van der Waals surface area contributed by atoms with Crippen molar-refractivity contribution >= 4 is 11.8 Å². The number of rotatable bonds is 7. The molecule has 1 aliphatic rings. The Balaban J connectivity index is 1.85. The molecule has 3 nitrogen and oxygen atoms in total. The van der Waals surface area contributed by atoms with Gasteiger partial charge in [-0.15, -0.1) is 0 Å². The molecule has 1 aliphatic carbocycles. The monoisotopic (exact) mass is 297 g/mol. The van der Waals surface area contributed by atoms with Crippen LogP contribution in [0.25, 0.3) is 0 Å². The molecule has 2 N–H and O–H groups in total. The lowest BCUT2D eigenvalue weighted by Gasteiger charge is -2.22. The lowest BCUT2D eigenvalue weighted by Crippen LogP contribution is -2.15. The van der Waals surface area contributed by atoms with Crippen LogP contribution in [0.15, 0.2) is 24.3 Å². The van der Waals surface area contributed by atoms with Crippen molar-refractivity contribution in [1.82, 2.24) is 4.84 Å². The van der Waals surface area contributed by atoms with Crippen molar-refractivity contribution < 1.29 is 9.84 Å². The fourth-order valence-electron chi connectivity index (χ4n) is 2.74. The van der Waals surface area contributed by atoms with Gasteiger partial charge in [-0.25, -0.2) is 4.84 Å². The maximum absolute atomic E-state index is 10.0. The fraction of sp³-hybridized carbons (Fsp3) is 0.625. The molecule has 1 aromatic carbocycles. The zero-order valence-electron chi connectivity index (χ0n) is 11.9. The summed E-state index contributed by atoms with van der Waals surface area (Å²) in [6.45, 7) is 1.37. The van der Waals surface area contributed by atoms with Crippen molar-refractivity contribution in [3.8, 4) is 5.75 Å². The predicted octanol–water partition coefficient (Wildman–Crippen LogP) is 3.81. The van der Waals surface area contributed by atoms with Crippen LogP contribution in [-0.4, -0.2) is 18.3 Å². The van der Waals surface area contributed by atoms with Crippen LogP contribution in [-0.2, 0) is 0 Å². The van der Waals surface area contributed by atoms with E-state index in [9.17, 15) is 5.11 Å². The van der Waals surface area contributed by atoms with Crippen molar-refractivity contribution in [3.63, 3.8) is 0 Å². The number of hydrogen-bond acceptors (Lipinski definition) is 3. The van der Waals surface area contributed by atoms with Crippen molar-refractivity contribution in [2.75, 3.05) is 13.2 Å². The van der Waals surface area contributed by atoms with E-state index >= 15 is 0 Å². The summed E-state index contributed by atoms with van der Waals surface area (Å²) in [4.78, 5) is 2.53. The molecule has 4 heteroatoms. The van der Waals surface area contributed by atoms with Gasteiger partial charge in [0.2, 0.25) is 0 Å². The first-order valence-electron chi connectivity index (χ1n) is 7.54. The van der Waals surface area contributed by atoms with Crippen molar-refractivity contribution in [1.29, 1.82) is 0 Å². The third-order valence-electron chi connectivity index (χ3n) is 3.97. The Kier molecular flexibility index (Phi) is 6.64. The lowest BCUT2D eigenvalue weighted by molar-refractivity contribution is 0.167. The molecule has 1 aromatic rings. The van der Waals surface area contributed by atoms with Crippen molar-refractivity contribution in [2.45, 2.75) is 44.6 Å². The highest BCUT2D eigenvalue weighted by atomic mass is 35.5. The standard InChI is InChI=1S/C16H24ClNO2/c17-18-10-9-16(19)14-7-4-8-15(11-14)20-12-13-5-2-1-3-6-13/h4,7-8,11,13,16,18-19H,1-3,5-6,9-10,12H2. The Morgan fingerprint density at radius 1 is 1.30 bits per heavy atom. The van der Waals surface area contributed by atoms with E-state index in [1.165, 1.54) is 32.1 Å². The summed E-state index contributed by atoms with van der Waals surface area (Å²) in [7, 11) is 0. The van der Waals surface area contributed by atoms with E-state index in [2.05, 4.69) is 4.84 Å². The maximum Gasteiger partial charge on any atom is 0.119 e. The van der Waals surface area contributed by atoms with Crippen LogP contribution in [0, 0.1) is 5.92 Å². The van der Waals surface area contributed by atoms with Gasteiger partial charge in [-0.05, 0) is 54.7 Å². The number of hydrogen-bond donors (Lipinski definition) is 2. The molecule has 0 aliphatic heterocycles. The summed E-state index contributed by atoms with van der Waals surface area (Å²) >= 11 is 5.41. The molecule has 20 heavy (non-hydrogen) atoms. The summed E-state index contributed by atoms with van der Waals surface area (Å²) in [6, 6.07) is 7.75. The summed E-state index contributed by atoms with van der Waals surface area (Å²) in [5.74, 6) is 1.55. The largest absolute Gasteiger partial charge is 0.493 e. The smallest absolute Gasteiger partial charge is 0.119 e. The Labute approximate surface area is 126 Å². The number of aliphatic hydroxyl groups is 1. The Morgan fingerprint density at radius 3 is 2.85 bits per heavy atom. The molecule has 0 saturated heterocycles.